The SMILES string of the molecule is O=C(c1cn[nH]n1)N1CCC(N2CCNC2=O)CC1. The molecule has 19 heavy (non-hydrogen) atoms. The zero-order chi connectivity index (χ0) is 13.2. The molecule has 3 heterocycles. The third kappa shape index (κ3) is 2.25. The molecule has 0 unspecified atom stereocenters. The lowest BCUT2D eigenvalue weighted by atomic mass is 10.0. The van der Waals surface area contributed by atoms with E-state index < -0.39 is 0 Å². The Morgan fingerprint density at radius 1 is 1.32 bits per heavy atom. The number of H-pyrrole nitrogens is 1. The van der Waals surface area contributed by atoms with Crippen molar-refractivity contribution in [1.29, 1.82) is 0 Å². The van der Waals surface area contributed by atoms with Crippen LogP contribution < -0.4 is 5.32 Å². The Hall–Kier alpha value is -2.12. The average Bonchev–Trinajstić information content (AvgIpc) is 3.09. The number of hydrogen-bond acceptors (Lipinski definition) is 4. The summed E-state index contributed by atoms with van der Waals surface area (Å²) in [6, 6.07) is 0.255. The standard InChI is InChI=1S/C11H16N6O2/c18-10(9-7-13-15-14-9)16-4-1-8(2-5-16)17-6-3-12-11(17)19/h7-8H,1-6H2,(H,12,19)(H,13,14,15). The highest BCUT2D eigenvalue weighted by atomic mass is 16.2. The Balaban J connectivity index is 1.57. The van der Waals surface area contributed by atoms with Crippen molar-refractivity contribution in [2.24, 2.45) is 0 Å². The van der Waals surface area contributed by atoms with Crippen LogP contribution in [0.5, 0.6) is 0 Å². The zero-order valence-electron chi connectivity index (χ0n) is 10.5. The summed E-state index contributed by atoms with van der Waals surface area (Å²) in [5.74, 6) is -0.0990. The first kappa shape index (κ1) is 11.9. The van der Waals surface area contributed by atoms with E-state index in [9.17, 15) is 9.59 Å². The zero-order valence-corrected chi connectivity index (χ0v) is 10.5. The van der Waals surface area contributed by atoms with Gasteiger partial charge in [-0.15, -0.1) is 0 Å². The van der Waals surface area contributed by atoms with Gasteiger partial charge in [-0.2, -0.15) is 15.4 Å². The lowest BCUT2D eigenvalue weighted by Crippen LogP contribution is -2.47. The third-order valence-electron chi connectivity index (χ3n) is 3.72. The molecule has 1 aromatic heterocycles. The van der Waals surface area contributed by atoms with Gasteiger partial charge in [-0.3, -0.25) is 4.79 Å². The molecule has 3 rings (SSSR count). The number of urea groups is 1. The van der Waals surface area contributed by atoms with Crippen LogP contribution in [0.2, 0.25) is 0 Å². The molecule has 2 saturated heterocycles. The monoisotopic (exact) mass is 264 g/mol. The minimum absolute atomic E-state index is 0.0151. The first-order chi connectivity index (χ1) is 9.25. The number of rotatable bonds is 2. The Kier molecular flexibility index (Phi) is 3.06. The number of nitrogens with zero attached hydrogens (tertiary/aromatic N) is 4. The van der Waals surface area contributed by atoms with E-state index in [4.69, 9.17) is 0 Å². The van der Waals surface area contributed by atoms with E-state index in [-0.39, 0.29) is 18.0 Å². The Morgan fingerprint density at radius 2 is 2.11 bits per heavy atom. The Morgan fingerprint density at radius 3 is 2.68 bits per heavy atom. The van der Waals surface area contributed by atoms with E-state index in [0.29, 0.717) is 18.8 Å². The highest BCUT2D eigenvalue weighted by Crippen LogP contribution is 2.19. The van der Waals surface area contributed by atoms with Gasteiger partial charge in [0.25, 0.3) is 5.91 Å². The molecule has 2 aliphatic heterocycles. The minimum atomic E-state index is -0.0990. The van der Waals surface area contributed by atoms with Crippen LogP contribution in [-0.2, 0) is 0 Å². The summed E-state index contributed by atoms with van der Waals surface area (Å²) in [4.78, 5) is 27.3. The molecular weight excluding hydrogens is 248 g/mol. The quantitative estimate of drug-likeness (QED) is 0.748. The number of nitrogens with one attached hydrogen (secondary N) is 2. The summed E-state index contributed by atoms with van der Waals surface area (Å²) in [7, 11) is 0. The van der Waals surface area contributed by atoms with Gasteiger partial charge >= 0.3 is 6.03 Å². The van der Waals surface area contributed by atoms with Gasteiger partial charge in [0.05, 0.1) is 6.20 Å². The molecular formula is C11H16N6O2. The summed E-state index contributed by atoms with van der Waals surface area (Å²) in [6.07, 6.45) is 3.07. The number of amides is 3. The minimum Gasteiger partial charge on any atom is -0.337 e. The van der Waals surface area contributed by atoms with E-state index in [1.54, 1.807) is 4.90 Å². The van der Waals surface area contributed by atoms with Crippen LogP contribution in [0.3, 0.4) is 0 Å². The molecule has 2 N–H and O–H groups in total. The normalized spacial score (nSPS) is 20.7. The molecule has 2 aliphatic rings. The first-order valence-electron chi connectivity index (χ1n) is 6.45. The van der Waals surface area contributed by atoms with E-state index in [0.717, 1.165) is 25.9 Å². The molecule has 0 aromatic carbocycles. The summed E-state index contributed by atoms with van der Waals surface area (Å²) in [6.45, 7) is 2.79. The molecule has 2 fully saturated rings. The van der Waals surface area contributed by atoms with Crippen LogP contribution >= 0.6 is 0 Å². The first-order valence-corrected chi connectivity index (χ1v) is 6.45. The largest absolute Gasteiger partial charge is 0.337 e. The van der Waals surface area contributed by atoms with Crippen molar-refractivity contribution in [3.63, 3.8) is 0 Å². The van der Waals surface area contributed by atoms with Crippen molar-refractivity contribution in [2.75, 3.05) is 26.2 Å². The van der Waals surface area contributed by atoms with Gasteiger partial charge in [0.2, 0.25) is 0 Å². The predicted octanol–water partition coefficient (Wildman–Crippen LogP) is -0.565. The second-order valence-corrected chi connectivity index (χ2v) is 4.80. The molecule has 0 aliphatic carbocycles. The van der Waals surface area contributed by atoms with Gasteiger partial charge < -0.3 is 15.1 Å². The van der Waals surface area contributed by atoms with Crippen molar-refractivity contribution in [3.05, 3.63) is 11.9 Å². The fourth-order valence-electron chi connectivity index (χ4n) is 2.68. The highest BCUT2D eigenvalue weighted by molar-refractivity contribution is 5.91. The average molecular weight is 264 g/mol. The van der Waals surface area contributed by atoms with Crippen LogP contribution in [0, 0.1) is 0 Å². The summed E-state index contributed by atoms with van der Waals surface area (Å²) in [5, 5.41) is 12.7. The Labute approximate surface area is 110 Å². The molecule has 0 radical (unpaired) electrons. The number of carbonyl (C=O) groups is 2. The molecule has 0 spiro atoms. The van der Waals surface area contributed by atoms with Crippen molar-refractivity contribution >= 4 is 11.9 Å². The number of aromatic amines is 1. The maximum Gasteiger partial charge on any atom is 0.317 e. The van der Waals surface area contributed by atoms with Gasteiger partial charge in [0, 0.05) is 32.2 Å². The van der Waals surface area contributed by atoms with E-state index >= 15 is 0 Å². The molecule has 102 valence electrons. The molecule has 1 aromatic rings. The molecule has 0 saturated carbocycles. The number of piperidine rings is 1. The van der Waals surface area contributed by atoms with Crippen LogP contribution in [0.15, 0.2) is 6.20 Å². The number of hydrogen-bond donors (Lipinski definition) is 2. The van der Waals surface area contributed by atoms with Crippen molar-refractivity contribution in [2.45, 2.75) is 18.9 Å². The van der Waals surface area contributed by atoms with Gasteiger partial charge in [-0.1, -0.05) is 0 Å². The Bertz CT molecular complexity index is 466. The van der Waals surface area contributed by atoms with Crippen molar-refractivity contribution < 1.29 is 9.59 Å². The van der Waals surface area contributed by atoms with Crippen LogP contribution in [-0.4, -0.2) is 69.4 Å². The number of carbonyl (C=O) groups excluding carboxylic acids is 2. The van der Waals surface area contributed by atoms with Crippen LogP contribution in [0.25, 0.3) is 0 Å². The van der Waals surface area contributed by atoms with E-state index in [1.807, 2.05) is 4.90 Å². The lowest BCUT2D eigenvalue weighted by Gasteiger charge is -2.35. The maximum absolute atomic E-state index is 12.1. The smallest absolute Gasteiger partial charge is 0.317 e. The second-order valence-electron chi connectivity index (χ2n) is 4.80. The molecule has 0 atom stereocenters. The molecule has 8 heteroatoms. The van der Waals surface area contributed by atoms with E-state index in [2.05, 4.69) is 20.7 Å². The lowest BCUT2D eigenvalue weighted by molar-refractivity contribution is 0.0660. The molecule has 8 nitrogen and oxygen atoms in total. The molecule has 0 bridgehead atoms. The van der Waals surface area contributed by atoms with Gasteiger partial charge in [-0.25, -0.2) is 4.79 Å². The topological polar surface area (TPSA) is 94.2 Å². The van der Waals surface area contributed by atoms with Gasteiger partial charge in [0.15, 0.2) is 5.69 Å². The van der Waals surface area contributed by atoms with Crippen LogP contribution in [0.1, 0.15) is 23.3 Å². The second kappa shape index (κ2) is 4.87. The fourth-order valence-corrected chi connectivity index (χ4v) is 2.68. The molecule has 3 amide bonds. The van der Waals surface area contributed by atoms with Crippen LogP contribution in [0.4, 0.5) is 4.79 Å². The summed E-state index contributed by atoms with van der Waals surface area (Å²) in [5.41, 5.74) is 0.345. The van der Waals surface area contributed by atoms with Gasteiger partial charge in [-0.05, 0) is 12.8 Å². The van der Waals surface area contributed by atoms with Crippen molar-refractivity contribution in [3.8, 4) is 0 Å². The fraction of sp³-hybridized carbons (Fsp3) is 0.636. The number of aromatic nitrogens is 3. The third-order valence-corrected chi connectivity index (χ3v) is 3.72. The summed E-state index contributed by atoms with van der Waals surface area (Å²) >= 11 is 0. The number of likely N-dealkylation sites (tertiary alicyclic amines) is 1. The van der Waals surface area contributed by atoms with Crippen molar-refractivity contribution in [1.82, 2.24) is 30.5 Å². The highest BCUT2D eigenvalue weighted by Gasteiger charge is 2.32. The summed E-state index contributed by atoms with van der Waals surface area (Å²) < 4.78 is 0. The van der Waals surface area contributed by atoms with E-state index in [1.165, 1.54) is 6.20 Å². The maximum atomic E-state index is 12.1. The predicted molar refractivity (Wildman–Crippen MR) is 65.4 cm³/mol. The van der Waals surface area contributed by atoms with Gasteiger partial charge in [0.1, 0.15) is 0 Å².